The molecule has 0 saturated heterocycles. The van der Waals surface area contributed by atoms with Crippen LogP contribution >= 0.6 is 0 Å². The van der Waals surface area contributed by atoms with Crippen LogP contribution in [0.4, 0.5) is 30.7 Å². The summed E-state index contributed by atoms with van der Waals surface area (Å²) in [5.41, 5.74) is -2.63. The lowest BCUT2D eigenvalue weighted by Crippen LogP contribution is -2.35. The van der Waals surface area contributed by atoms with Crippen LogP contribution < -0.4 is 5.32 Å². The molecule has 0 aliphatic heterocycles. The highest BCUT2D eigenvalue weighted by molar-refractivity contribution is 5.88. The molecule has 0 bridgehead atoms. The van der Waals surface area contributed by atoms with Crippen molar-refractivity contribution in [3.05, 3.63) is 58.7 Å². The Morgan fingerprint density at radius 2 is 1.53 bits per heavy atom. The molecule has 10 heteroatoms. The van der Waals surface area contributed by atoms with Crippen LogP contribution in [0.15, 0.2) is 42.0 Å². The van der Waals surface area contributed by atoms with Gasteiger partial charge in [0, 0.05) is 18.7 Å². The summed E-state index contributed by atoms with van der Waals surface area (Å²) in [5, 5.41) is 2.78. The lowest BCUT2D eigenvalue weighted by molar-refractivity contribution is -0.143. The van der Waals surface area contributed by atoms with Gasteiger partial charge in [0.15, 0.2) is 0 Å². The van der Waals surface area contributed by atoms with Gasteiger partial charge < -0.3 is 10.1 Å². The number of benzene rings is 1. The summed E-state index contributed by atoms with van der Waals surface area (Å²) in [5.74, 6) is -0.0757. The second kappa shape index (κ2) is 15.0. The maximum Gasteiger partial charge on any atom is 0.416 e. The molecule has 1 atom stereocenters. The van der Waals surface area contributed by atoms with E-state index in [0.717, 1.165) is 19.3 Å². The molecule has 1 aromatic rings. The van der Waals surface area contributed by atoms with E-state index < -0.39 is 30.2 Å². The Hall–Kier alpha value is -2.36. The number of ether oxygens (including phenoxy) is 1. The Balaban J connectivity index is 2.35. The highest BCUT2D eigenvalue weighted by Crippen LogP contribution is 2.36. The summed E-state index contributed by atoms with van der Waals surface area (Å²) >= 11 is 0. The molecule has 1 aromatic carbocycles. The molecule has 1 N–H and O–H groups in total. The zero-order valence-electron chi connectivity index (χ0n) is 20.7. The van der Waals surface area contributed by atoms with Gasteiger partial charge in [-0.3, -0.25) is 4.79 Å². The predicted octanol–water partition coefficient (Wildman–Crippen LogP) is 7.80. The van der Waals surface area contributed by atoms with Crippen LogP contribution in [0.25, 0.3) is 0 Å². The number of halogens is 7. The fourth-order valence-corrected chi connectivity index (χ4v) is 3.08. The SMILES string of the molecule is CC(C)C(C)NC(=O)C=C(C=CCCCCCCOCc1cc(C(F)(F)F)cc(C(F)(F)F)c1)CF. The van der Waals surface area contributed by atoms with Crippen LogP contribution in [0.5, 0.6) is 0 Å². The number of carbonyl (C=O) groups excluding carboxylic acids is 1. The van der Waals surface area contributed by atoms with Gasteiger partial charge in [0.2, 0.25) is 5.91 Å². The van der Waals surface area contributed by atoms with Crippen LogP contribution in [0.1, 0.15) is 69.6 Å². The van der Waals surface area contributed by atoms with Crippen LogP contribution in [0.3, 0.4) is 0 Å². The number of carbonyl (C=O) groups is 1. The van der Waals surface area contributed by atoms with E-state index in [1.165, 1.54) is 6.08 Å². The number of rotatable bonds is 14. The molecule has 0 heterocycles. The Morgan fingerprint density at radius 3 is 2.06 bits per heavy atom. The lowest BCUT2D eigenvalue weighted by Gasteiger charge is -2.16. The highest BCUT2D eigenvalue weighted by Gasteiger charge is 2.36. The third-order valence-corrected chi connectivity index (χ3v) is 5.50. The van der Waals surface area contributed by atoms with E-state index in [4.69, 9.17) is 4.74 Å². The summed E-state index contributed by atoms with van der Waals surface area (Å²) in [6.45, 7) is 4.92. The molecular formula is C26H34F7NO2. The normalized spacial score (nSPS) is 14.0. The Bertz CT molecular complexity index is 842. The minimum atomic E-state index is -4.88. The average molecular weight is 526 g/mol. The maximum atomic E-state index is 13.1. The second-order valence-corrected chi connectivity index (χ2v) is 8.97. The number of hydrogen-bond donors (Lipinski definition) is 1. The zero-order valence-corrected chi connectivity index (χ0v) is 20.7. The Labute approximate surface area is 207 Å². The lowest BCUT2D eigenvalue weighted by atomic mass is 10.1. The van der Waals surface area contributed by atoms with Gasteiger partial charge in [-0.2, -0.15) is 26.3 Å². The summed E-state index contributed by atoms with van der Waals surface area (Å²) in [6.07, 6.45) is -1.52. The maximum absolute atomic E-state index is 13.1. The molecule has 0 fully saturated rings. The summed E-state index contributed by atoms with van der Waals surface area (Å²) < 4.78 is 95.7. The fraction of sp³-hybridized carbons (Fsp3) is 0.577. The number of unbranched alkanes of at least 4 members (excludes halogenated alkanes) is 4. The molecule has 36 heavy (non-hydrogen) atoms. The molecule has 204 valence electrons. The Kier molecular flexibility index (Phi) is 13.2. The third-order valence-electron chi connectivity index (χ3n) is 5.50. The van der Waals surface area contributed by atoms with Gasteiger partial charge >= 0.3 is 12.4 Å². The van der Waals surface area contributed by atoms with Crippen molar-refractivity contribution in [2.45, 2.75) is 77.9 Å². The van der Waals surface area contributed by atoms with Gasteiger partial charge in [-0.25, -0.2) is 4.39 Å². The molecule has 0 aliphatic carbocycles. The van der Waals surface area contributed by atoms with Gasteiger partial charge in [-0.15, -0.1) is 0 Å². The van der Waals surface area contributed by atoms with E-state index in [9.17, 15) is 35.5 Å². The molecule has 1 amide bonds. The van der Waals surface area contributed by atoms with Crippen LogP contribution in [0, 0.1) is 5.92 Å². The quantitative estimate of drug-likeness (QED) is 0.116. The van der Waals surface area contributed by atoms with Gasteiger partial charge in [0.1, 0.15) is 6.67 Å². The van der Waals surface area contributed by atoms with Gasteiger partial charge in [-0.1, -0.05) is 38.8 Å². The van der Waals surface area contributed by atoms with Crippen molar-refractivity contribution in [2.24, 2.45) is 5.92 Å². The van der Waals surface area contributed by atoms with E-state index in [1.54, 1.807) is 12.2 Å². The summed E-state index contributed by atoms with van der Waals surface area (Å²) in [7, 11) is 0. The first-order valence-corrected chi connectivity index (χ1v) is 11.8. The average Bonchev–Trinajstić information content (AvgIpc) is 2.77. The van der Waals surface area contributed by atoms with Crippen LogP contribution in [-0.4, -0.2) is 25.2 Å². The summed E-state index contributed by atoms with van der Waals surface area (Å²) in [6, 6.07) is 1.39. The minimum absolute atomic E-state index is 0.0232. The molecule has 0 radical (unpaired) electrons. The van der Waals surface area contributed by atoms with Gasteiger partial charge in [0.05, 0.1) is 17.7 Å². The molecule has 0 spiro atoms. The first-order valence-electron chi connectivity index (χ1n) is 11.8. The van der Waals surface area contributed by atoms with Crippen molar-refractivity contribution < 1.29 is 40.3 Å². The standard InChI is InChI=1S/C26H34F7NO2/c1-18(2)19(3)34-24(35)14-20(16-27)10-8-6-4-5-7-9-11-36-17-21-12-22(25(28,29)30)15-23(13-21)26(31,32)33/h8,10,12-15,18-19H,4-7,9,11,16-17H2,1-3H3,(H,34,35). The first-order chi connectivity index (χ1) is 16.7. The molecule has 1 unspecified atom stereocenters. The van der Waals surface area contributed by atoms with E-state index in [-0.39, 0.29) is 48.3 Å². The van der Waals surface area contributed by atoms with Crippen molar-refractivity contribution in [2.75, 3.05) is 13.3 Å². The largest absolute Gasteiger partial charge is 0.416 e. The van der Waals surface area contributed by atoms with Crippen molar-refractivity contribution in [3.63, 3.8) is 0 Å². The van der Waals surface area contributed by atoms with Crippen molar-refractivity contribution in [1.29, 1.82) is 0 Å². The van der Waals surface area contributed by atoms with E-state index in [1.807, 2.05) is 20.8 Å². The summed E-state index contributed by atoms with van der Waals surface area (Å²) in [4.78, 5) is 11.9. The van der Waals surface area contributed by atoms with Crippen molar-refractivity contribution >= 4 is 5.91 Å². The predicted molar refractivity (Wildman–Crippen MR) is 125 cm³/mol. The van der Waals surface area contributed by atoms with Crippen molar-refractivity contribution in [3.8, 4) is 0 Å². The van der Waals surface area contributed by atoms with Crippen molar-refractivity contribution in [1.82, 2.24) is 5.32 Å². The highest BCUT2D eigenvalue weighted by atomic mass is 19.4. The third kappa shape index (κ3) is 12.6. The first kappa shape index (κ1) is 31.7. The monoisotopic (exact) mass is 525 g/mol. The molecule has 1 rings (SSSR count). The van der Waals surface area contributed by atoms with E-state index in [0.29, 0.717) is 25.0 Å². The smallest absolute Gasteiger partial charge is 0.377 e. The molecular weight excluding hydrogens is 491 g/mol. The number of alkyl halides is 7. The molecule has 3 nitrogen and oxygen atoms in total. The number of amides is 1. The molecule has 0 aliphatic rings. The number of hydrogen-bond acceptors (Lipinski definition) is 2. The zero-order chi connectivity index (χ0) is 27.4. The fourth-order valence-electron chi connectivity index (χ4n) is 3.08. The van der Waals surface area contributed by atoms with Gasteiger partial charge in [0.25, 0.3) is 0 Å². The van der Waals surface area contributed by atoms with Gasteiger partial charge in [-0.05, 0) is 61.4 Å². The molecule has 0 saturated carbocycles. The topological polar surface area (TPSA) is 38.3 Å². The Morgan fingerprint density at radius 1 is 0.944 bits per heavy atom. The van der Waals surface area contributed by atoms with Crippen LogP contribution in [0.2, 0.25) is 0 Å². The van der Waals surface area contributed by atoms with E-state index >= 15 is 0 Å². The number of allylic oxidation sites excluding steroid dienone is 3. The minimum Gasteiger partial charge on any atom is -0.377 e. The molecule has 0 aromatic heterocycles. The van der Waals surface area contributed by atoms with Crippen LogP contribution in [-0.2, 0) is 28.5 Å². The van der Waals surface area contributed by atoms with E-state index in [2.05, 4.69) is 5.32 Å². The number of nitrogens with one attached hydrogen (secondary N) is 1. The second-order valence-electron chi connectivity index (χ2n) is 8.97.